The van der Waals surface area contributed by atoms with Crippen LogP contribution in [0, 0.1) is 5.92 Å². The number of benzene rings is 1. The van der Waals surface area contributed by atoms with E-state index in [0.717, 1.165) is 67.6 Å². The van der Waals surface area contributed by atoms with Crippen molar-refractivity contribution in [1.29, 1.82) is 0 Å². The summed E-state index contributed by atoms with van der Waals surface area (Å²) in [4.78, 5) is 52.5. The van der Waals surface area contributed by atoms with Gasteiger partial charge in [0.25, 0.3) is 0 Å². The molecule has 12 heteroatoms. The topological polar surface area (TPSA) is 131 Å². The van der Waals surface area contributed by atoms with E-state index in [1.165, 1.54) is 0 Å². The van der Waals surface area contributed by atoms with Crippen LogP contribution in [0.5, 0.6) is 5.75 Å². The van der Waals surface area contributed by atoms with Crippen molar-refractivity contribution in [2.24, 2.45) is 13.0 Å². The van der Waals surface area contributed by atoms with Crippen LogP contribution in [0.3, 0.4) is 0 Å². The van der Waals surface area contributed by atoms with Gasteiger partial charge in [0.05, 0.1) is 36.2 Å². The minimum absolute atomic E-state index is 0.0177. The smallest absolute Gasteiger partial charge is 0.323 e. The van der Waals surface area contributed by atoms with E-state index >= 15 is 0 Å². The van der Waals surface area contributed by atoms with Crippen LogP contribution in [0.25, 0.3) is 17.1 Å². The Hall–Kier alpha value is -5.23. The molecule has 3 amide bonds. The molecule has 2 bridgehead atoms. The molecule has 1 aromatic carbocycles. The molecule has 2 unspecified atom stereocenters. The average molecular weight is 634 g/mol. The fourth-order valence-electron chi connectivity index (χ4n) is 7.25. The number of ether oxygens (including phenoxy) is 2. The van der Waals surface area contributed by atoms with Crippen LogP contribution in [0.2, 0.25) is 0 Å². The Kier molecular flexibility index (Phi) is 7.36. The van der Waals surface area contributed by atoms with Gasteiger partial charge in [-0.05, 0) is 68.2 Å². The third-order valence-electron chi connectivity index (χ3n) is 9.65. The average Bonchev–Trinajstić information content (AvgIpc) is 3.60. The van der Waals surface area contributed by atoms with E-state index in [1.54, 1.807) is 48.8 Å². The molecule has 0 radical (unpaired) electrons. The number of hydrogen-bond donors (Lipinski definition) is 2. The highest BCUT2D eigenvalue weighted by Gasteiger charge is 2.40. The van der Waals surface area contributed by atoms with Crippen molar-refractivity contribution < 1.29 is 23.9 Å². The van der Waals surface area contributed by atoms with Crippen LogP contribution in [0.1, 0.15) is 41.6 Å². The summed E-state index contributed by atoms with van der Waals surface area (Å²) < 4.78 is 13.8. The lowest BCUT2D eigenvalue weighted by Gasteiger charge is -2.47. The lowest BCUT2D eigenvalue weighted by Crippen LogP contribution is -2.58. The van der Waals surface area contributed by atoms with Gasteiger partial charge in [-0.3, -0.25) is 14.6 Å². The number of carbonyl (C=O) groups excluding carboxylic acids is 3. The molecule has 4 saturated heterocycles. The summed E-state index contributed by atoms with van der Waals surface area (Å²) in [5, 5.41) is 6.41. The summed E-state index contributed by atoms with van der Waals surface area (Å²) in [5.41, 5.74) is 4.02. The predicted molar refractivity (Wildman–Crippen MR) is 176 cm³/mol. The zero-order valence-electron chi connectivity index (χ0n) is 26.0. The van der Waals surface area contributed by atoms with Crippen LogP contribution < -0.4 is 20.3 Å². The molecule has 5 aliphatic rings. The van der Waals surface area contributed by atoms with E-state index in [9.17, 15) is 14.4 Å². The number of rotatable bonds is 5. The second-order valence-electron chi connectivity index (χ2n) is 12.6. The van der Waals surface area contributed by atoms with Gasteiger partial charge in [-0.25, -0.2) is 9.78 Å². The molecule has 4 fully saturated rings. The van der Waals surface area contributed by atoms with Crippen molar-refractivity contribution in [3.63, 3.8) is 0 Å². The van der Waals surface area contributed by atoms with Gasteiger partial charge in [0.1, 0.15) is 11.4 Å². The number of piperidine rings is 2. The SMILES string of the molecule is Cn1cc(C=C2Oc3ccc(NC(=O)Nc4cccnc4)cc3C2=O)c2c(N3CCC(C(=O)N4CC5CCC4CO5)CC3)ccnc21. The van der Waals surface area contributed by atoms with Crippen molar-refractivity contribution >= 4 is 51.9 Å². The van der Waals surface area contributed by atoms with Gasteiger partial charge in [0.15, 0.2) is 5.76 Å². The summed E-state index contributed by atoms with van der Waals surface area (Å²) in [5.74, 6) is 0.650. The molecular formula is C35H35N7O5. The lowest BCUT2D eigenvalue weighted by atomic mass is 9.90. The number of hydrogen-bond acceptors (Lipinski definition) is 8. The molecule has 240 valence electrons. The van der Waals surface area contributed by atoms with Gasteiger partial charge < -0.3 is 34.5 Å². The highest BCUT2D eigenvalue weighted by atomic mass is 16.5. The lowest BCUT2D eigenvalue weighted by molar-refractivity contribution is -0.159. The molecule has 9 rings (SSSR count). The number of fused-ring (bicyclic) bond motifs is 5. The first kappa shape index (κ1) is 29.2. The van der Waals surface area contributed by atoms with Gasteiger partial charge in [-0.2, -0.15) is 0 Å². The van der Waals surface area contributed by atoms with Gasteiger partial charge in [-0.1, -0.05) is 0 Å². The molecule has 2 atom stereocenters. The van der Waals surface area contributed by atoms with E-state index in [2.05, 4.69) is 30.4 Å². The molecular weight excluding hydrogens is 598 g/mol. The Morgan fingerprint density at radius 1 is 1.02 bits per heavy atom. The number of urea groups is 1. The number of nitrogens with zero attached hydrogens (tertiary/aromatic N) is 5. The highest BCUT2D eigenvalue weighted by molar-refractivity contribution is 6.16. The molecule has 4 aromatic rings. The Balaban J connectivity index is 0.993. The van der Waals surface area contributed by atoms with Crippen molar-refractivity contribution in [1.82, 2.24) is 19.4 Å². The molecule has 0 aliphatic carbocycles. The molecule has 47 heavy (non-hydrogen) atoms. The van der Waals surface area contributed by atoms with Gasteiger partial charge in [0, 0.05) is 73.5 Å². The molecule has 0 saturated carbocycles. The van der Waals surface area contributed by atoms with Crippen LogP contribution in [-0.2, 0) is 16.6 Å². The quantitative estimate of drug-likeness (QED) is 0.299. The van der Waals surface area contributed by atoms with E-state index in [4.69, 9.17) is 9.47 Å². The van der Waals surface area contributed by atoms with E-state index < -0.39 is 6.03 Å². The van der Waals surface area contributed by atoms with Crippen molar-refractivity contribution in [3.8, 4) is 5.75 Å². The number of aromatic nitrogens is 3. The number of nitrogens with one attached hydrogen (secondary N) is 2. The van der Waals surface area contributed by atoms with Gasteiger partial charge in [-0.15, -0.1) is 0 Å². The minimum atomic E-state index is -0.447. The molecule has 12 nitrogen and oxygen atoms in total. The second-order valence-corrected chi connectivity index (χ2v) is 12.6. The first-order valence-corrected chi connectivity index (χ1v) is 16.1. The Labute approximate surface area is 271 Å². The molecule has 8 heterocycles. The number of Topliss-reactive ketones (excluding diaryl/α,β-unsaturated/α-hetero) is 1. The number of amides is 3. The maximum atomic E-state index is 13.5. The molecule has 5 aliphatic heterocycles. The Morgan fingerprint density at radius 3 is 2.62 bits per heavy atom. The Morgan fingerprint density at radius 2 is 1.87 bits per heavy atom. The maximum absolute atomic E-state index is 13.5. The first-order valence-electron chi connectivity index (χ1n) is 16.1. The molecule has 0 spiro atoms. The molecule has 2 N–H and O–H groups in total. The van der Waals surface area contributed by atoms with Crippen LogP contribution in [0.15, 0.2) is 66.9 Å². The largest absolute Gasteiger partial charge is 0.452 e. The van der Waals surface area contributed by atoms with Crippen molar-refractivity contribution in [3.05, 3.63) is 78.1 Å². The summed E-state index contributed by atoms with van der Waals surface area (Å²) in [6.07, 6.45) is 12.5. The number of aryl methyl sites for hydroxylation is 1. The maximum Gasteiger partial charge on any atom is 0.323 e. The third kappa shape index (κ3) is 5.48. The number of allylic oxidation sites excluding steroid dienone is 1. The molecule has 3 aromatic heterocycles. The standard InChI is InChI=1S/C35H35N7O5/c1-40-18-22(15-30-32(43)27-16-23(4-7-29(27)47-30)38-35(45)39-24-3-2-11-36-17-24)31-28(8-12-37-33(31)40)41-13-9-21(10-14-41)34(44)42-19-26-6-5-25(42)20-46-26/h2-4,7-8,11-12,15-18,21,25-26H,5-6,9-10,13-14,19-20H2,1H3,(H2,38,39,45). The normalized spacial score (nSPS) is 21.6. The van der Waals surface area contributed by atoms with E-state index in [0.29, 0.717) is 29.3 Å². The monoisotopic (exact) mass is 633 g/mol. The number of anilines is 3. The highest BCUT2D eigenvalue weighted by Crippen LogP contribution is 2.38. The minimum Gasteiger partial charge on any atom is -0.452 e. The fourth-order valence-corrected chi connectivity index (χ4v) is 7.25. The zero-order chi connectivity index (χ0) is 32.1. The fraction of sp³-hybridized carbons (Fsp3) is 0.343. The van der Waals surface area contributed by atoms with Crippen LogP contribution in [0.4, 0.5) is 21.9 Å². The Bertz CT molecular complexity index is 1910. The third-order valence-corrected chi connectivity index (χ3v) is 9.65. The first-order chi connectivity index (χ1) is 22.9. The summed E-state index contributed by atoms with van der Waals surface area (Å²) in [6.45, 7) is 2.89. The van der Waals surface area contributed by atoms with Gasteiger partial charge in [0.2, 0.25) is 11.7 Å². The number of morpholine rings is 1. The zero-order valence-corrected chi connectivity index (χ0v) is 26.0. The summed E-state index contributed by atoms with van der Waals surface area (Å²) in [6, 6.07) is 10.2. The summed E-state index contributed by atoms with van der Waals surface area (Å²) in [7, 11) is 1.93. The second kappa shape index (κ2) is 11.8. The van der Waals surface area contributed by atoms with Gasteiger partial charge >= 0.3 is 6.03 Å². The van der Waals surface area contributed by atoms with Crippen LogP contribution in [-0.4, -0.2) is 75.5 Å². The number of ketones is 1. The predicted octanol–water partition coefficient (Wildman–Crippen LogP) is 4.83. The van der Waals surface area contributed by atoms with Crippen molar-refractivity contribution in [2.75, 3.05) is 41.8 Å². The van der Waals surface area contributed by atoms with E-state index in [-0.39, 0.29) is 35.5 Å². The number of carbonyl (C=O) groups is 3. The van der Waals surface area contributed by atoms with E-state index in [1.807, 2.05) is 30.1 Å². The van der Waals surface area contributed by atoms with Crippen molar-refractivity contribution in [2.45, 2.75) is 37.8 Å². The summed E-state index contributed by atoms with van der Waals surface area (Å²) >= 11 is 0. The van der Waals surface area contributed by atoms with Crippen LogP contribution >= 0.6 is 0 Å². The number of pyridine rings is 2.